The van der Waals surface area contributed by atoms with Crippen molar-refractivity contribution < 1.29 is 14.6 Å². The van der Waals surface area contributed by atoms with Crippen molar-refractivity contribution in [2.45, 2.75) is 38.3 Å². The van der Waals surface area contributed by atoms with Crippen LogP contribution >= 0.6 is 0 Å². The zero-order valence-electron chi connectivity index (χ0n) is 17.2. The summed E-state index contributed by atoms with van der Waals surface area (Å²) in [5.74, 6) is 0.214. The Labute approximate surface area is 180 Å². The third-order valence-corrected chi connectivity index (χ3v) is 6.02. The lowest BCUT2D eigenvalue weighted by Crippen LogP contribution is -2.03. The van der Waals surface area contributed by atoms with Gasteiger partial charge in [0.25, 0.3) is 0 Å². The van der Waals surface area contributed by atoms with E-state index in [4.69, 9.17) is 9.84 Å². The Balaban J connectivity index is 1.27. The number of benzene rings is 3. The Hall–Kier alpha value is -3.60. The van der Waals surface area contributed by atoms with Crippen LogP contribution in [0.5, 0.6) is 5.75 Å². The lowest BCUT2D eigenvalue weighted by Gasteiger charge is -2.11. The summed E-state index contributed by atoms with van der Waals surface area (Å²) in [4.78, 5) is 11.0. The van der Waals surface area contributed by atoms with Crippen LogP contribution in [0.4, 0.5) is 0 Å². The largest absolute Gasteiger partial charge is 0.489 e. The van der Waals surface area contributed by atoms with Crippen LogP contribution in [-0.2, 0) is 24.4 Å². The second-order valence-corrected chi connectivity index (χ2v) is 8.16. The third-order valence-electron chi connectivity index (χ3n) is 6.02. The van der Waals surface area contributed by atoms with Gasteiger partial charge in [0, 0.05) is 5.39 Å². The number of carbonyl (C=O) groups is 1. The first kappa shape index (κ1) is 19.4. The van der Waals surface area contributed by atoms with Crippen molar-refractivity contribution in [1.29, 1.82) is 0 Å². The maximum Gasteiger partial charge on any atom is 0.303 e. The highest BCUT2D eigenvalue weighted by atomic mass is 16.5. The molecule has 0 aliphatic heterocycles. The van der Waals surface area contributed by atoms with E-state index >= 15 is 0 Å². The summed E-state index contributed by atoms with van der Waals surface area (Å²) in [5, 5.41) is 14.7. The molecule has 1 aliphatic carbocycles. The van der Waals surface area contributed by atoms with Crippen LogP contribution in [0, 0.1) is 0 Å². The van der Waals surface area contributed by atoms with E-state index in [0.717, 1.165) is 47.2 Å². The Morgan fingerprint density at radius 1 is 1.06 bits per heavy atom. The molecule has 3 aromatic carbocycles. The smallest absolute Gasteiger partial charge is 0.303 e. The molecule has 1 aliphatic rings. The van der Waals surface area contributed by atoms with E-state index in [1.54, 1.807) is 0 Å². The Morgan fingerprint density at radius 2 is 1.94 bits per heavy atom. The van der Waals surface area contributed by atoms with Gasteiger partial charge in [0.1, 0.15) is 12.4 Å². The fraction of sp³-hybridized carbons (Fsp3) is 0.231. The molecule has 5 nitrogen and oxygen atoms in total. The molecule has 1 atom stereocenters. The summed E-state index contributed by atoms with van der Waals surface area (Å²) in [6.45, 7) is 1.23. The van der Waals surface area contributed by atoms with E-state index < -0.39 is 5.97 Å². The standard InChI is InChI=1S/C26H24N2O3/c29-26(30)14-21-8-7-20-13-23(9-10-24(20)21)31-17-19-6-11-25-22(12-19)15-27-28(25)16-18-4-2-1-3-5-18/h1-6,9-13,15,21H,7-8,14,16-17H2,(H,29,30). The molecule has 0 saturated heterocycles. The van der Waals surface area contributed by atoms with E-state index in [2.05, 4.69) is 41.5 Å². The van der Waals surface area contributed by atoms with Gasteiger partial charge in [0.15, 0.2) is 0 Å². The van der Waals surface area contributed by atoms with Crippen molar-refractivity contribution in [3.05, 3.63) is 95.2 Å². The second-order valence-electron chi connectivity index (χ2n) is 8.16. The molecule has 0 radical (unpaired) electrons. The molecular weight excluding hydrogens is 388 g/mol. The van der Waals surface area contributed by atoms with Crippen molar-refractivity contribution in [1.82, 2.24) is 9.78 Å². The van der Waals surface area contributed by atoms with E-state index in [9.17, 15) is 4.79 Å². The number of aromatic nitrogens is 2. The van der Waals surface area contributed by atoms with Crippen LogP contribution in [0.25, 0.3) is 10.9 Å². The lowest BCUT2D eigenvalue weighted by molar-refractivity contribution is -0.137. The normalized spacial score (nSPS) is 15.2. The lowest BCUT2D eigenvalue weighted by atomic mass is 9.98. The molecule has 5 rings (SSSR count). The van der Waals surface area contributed by atoms with Crippen LogP contribution in [0.2, 0.25) is 0 Å². The maximum atomic E-state index is 11.0. The third kappa shape index (κ3) is 4.17. The van der Waals surface area contributed by atoms with Crippen LogP contribution in [0.15, 0.2) is 72.9 Å². The minimum absolute atomic E-state index is 0.122. The predicted molar refractivity (Wildman–Crippen MR) is 119 cm³/mol. The molecule has 0 fully saturated rings. The van der Waals surface area contributed by atoms with Crippen molar-refractivity contribution in [2.75, 3.05) is 0 Å². The Morgan fingerprint density at radius 3 is 2.77 bits per heavy atom. The summed E-state index contributed by atoms with van der Waals surface area (Å²) in [7, 11) is 0. The number of rotatable bonds is 7. The number of carboxylic acid groups (broad SMARTS) is 1. The molecule has 0 spiro atoms. The molecule has 156 valence electrons. The average molecular weight is 412 g/mol. The van der Waals surface area contributed by atoms with Crippen molar-refractivity contribution in [3.63, 3.8) is 0 Å². The molecule has 1 heterocycles. The summed E-state index contributed by atoms with van der Waals surface area (Å²) in [6.07, 6.45) is 3.91. The maximum absolute atomic E-state index is 11.0. The van der Waals surface area contributed by atoms with Crippen LogP contribution in [-0.4, -0.2) is 20.9 Å². The highest BCUT2D eigenvalue weighted by Gasteiger charge is 2.24. The summed E-state index contributed by atoms with van der Waals surface area (Å²) in [6, 6.07) is 22.7. The first-order chi connectivity index (χ1) is 15.2. The quantitative estimate of drug-likeness (QED) is 0.455. The van der Waals surface area contributed by atoms with Gasteiger partial charge in [0.2, 0.25) is 0 Å². The summed E-state index contributed by atoms with van der Waals surface area (Å²) in [5.41, 5.74) is 5.79. The molecule has 4 aromatic rings. The molecule has 1 unspecified atom stereocenters. The molecule has 31 heavy (non-hydrogen) atoms. The Bertz CT molecular complexity index is 1230. The van der Waals surface area contributed by atoms with Crippen LogP contribution in [0.3, 0.4) is 0 Å². The number of fused-ring (bicyclic) bond motifs is 2. The first-order valence-electron chi connectivity index (χ1n) is 10.6. The summed E-state index contributed by atoms with van der Waals surface area (Å²) >= 11 is 0. The molecule has 0 saturated carbocycles. The molecule has 1 aromatic heterocycles. The van der Waals surface area contributed by atoms with E-state index in [-0.39, 0.29) is 12.3 Å². The molecular formula is C26H24N2O3. The van der Waals surface area contributed by atoms with Crippen molar-refractivity contribution in [2.24, 2.45) is 0 Å². The van der Waals surface area contributed by atoms with Gasteiger partial charge in [-0.2, -0.15) is 5.10 Å². The van der Waals surface area contributed by atoms with Gasteiger partial charge in [-0.25, -0.2) is 0 Å². The van der Waals surface area contributed by atoms with Crippen LogP contribution in [0.1, 0.15) is 41.0 Å². The fourth-order valence-corrected chi connectivity index (χ4v) is 4.47. The van der Waals surface area contributed by atoms with Crippen molar-refractivity contribution >= 4 is 16.9 Å². The van der Waals surface area contributed by atoms with E-state index in [1.165, 1.54) is 11.1 Å². The molecule has 5 heteroatoms. The predicted octanol–water partition coefficient (Wildman–Crippen LogP) is 5.17. The molecule has 0 amide bonds. The summed E-state index contributed by atoms with van der Waals surface area (Å²) < 4.78 is 8.06. The number of aliphatic carboxylic acids is 1. The zero-order valence-corrected chi connectivity index (χ0v) is 17.2. The number of aryl methyl sites for hydroxylation is 1. The topological polar surface area (TPSA) is 64.3 Å². The van der Waals surface area contributed by atoms with Crippen molar-refractivity contribution in [3.8, 4) is 5.75 Å². The molecule has 0 bridgehead atoms. The number of nitrogens with zero attached hydrogens (tertiary/aromatic N) is 2. The highest BCUT2D eigenvalue weighted by Crippen LogP contribution is 2.37. The van der Waals surface area contributed by atoms with Gasteiger partial charge < -0.3 is 9.84 Å². The van der Waals surface area contributed by atoms with E-state index in [0.29, 0.717) is 6.61 Å². The number of carboxylic acids is 1. The number of hydrogen-bond donors (Lipinski definition) is 1. The average Bonchev–Trinajstić information content (AvgIpc) is 3.36. The van der Waals surface area contributed by atoms with Gasteiger partial charge in [-0.1, -0.05) is 42.5 Å². The number of hydrogen-bond acceptors (Lipinski definition) is 3. The minimum Gasteiger partial charge on any atom is -0.489 e. The zero-order chi connectivity index (χ0) is 21.2. The number of ether oxygens (including phenoxy) is 1. The van der Waals surface area contributed by atoms with Gasteiger partial charge in [-0.15, -0.1) is 0 Å². The Kier molecular flexibility index (Phi) is 5.16. The van der Waals surface area contributed by atoms with E-state index in [1.807, 2.05) is 41.2 Å². The molecule has 1 N–H and O–H groups in total. The highest BCUT2D eigenvalue weighted by molar-refractivity contribution is 5.79. The SMILES string of the molecule is O=C(O)CC1CCc2cc(OCc3ccc4c(cnn4Cc4ccccc4)c3)ccc21. The first-order valence-corrected chi connectivity index (χ1v) is 10.6. The van der Waals surface area contributed by atoms with Gasteiger partial charge in [0.05, 0.1) is 24.7 Å². The fourth-order valence-electron chi connectivity index (χ4n) is 4.47. The van der Waals surface area contributed by atoms with Crippen LogP contribution < -0.4 is 4.74 Å². The van der Waals surface area contributed by atoms with Gasteiger partial charge >= 0.3 is 5.97 Å². The minimum atomic E-state index is -0.736. The van der Waals surface area contributed by atoms with Gasteiger partial charge in [-0.05, 0) is 65.3 Å². The second kappa shape index (κ2) is 8.26. The monoisotopic (exact) mass is 412 g/mol. The van der Waals surface area contributed by atoms with Gasteiger partial charge in [-0.3, -0.25) is 9.48 Å².